The fourth-order valence-corrected chi connectivity index (χ4v) is 5.99. The van der Waals surface area contributed by atoms with Crippen molar-refractivity contribution in [1.29, 1.82) is 0 Å². The van der Waals surface area contributed by atoms with E-state index in [0.29, 0.717) is 32.8 Å². The molecule has 1 N–H and O–H groups in total. The van der Waals surface area contributed by atoms with Gasteiger partial charge in [-0.2, -0.15) is 0 Å². The maximum absolute atomic E-state index is 13.1. The van der Waals surface area contributed by atoms with Crippen LogP contribution >= 0.6 is 0 Å². The third kappa shape index (κ3) is 3.03. The lowest BCUT2D eigenvalue weighted by Crippen LogP contribution is -2.68. The number of rotatable bonds is 3. The molecule has 2 saturated heterocycles. The van der Waals surface area contributed by atoms with Crippen LogP contribution in [0.4, 0.5) is 0 Å². The van der Waals surface area contributed by atoms with Crippen molar-refractivity contribution >= 4 is 22.7 Å². The molecule has 4 heterocycles. The van der Waals surface area contributed by atoms with Crippen molar-refractivity contribution in [1.82, 2.24) is 14.4 Å². The van der Waals surface area contributed by atoms with E-state index in [2.05, 4.69) is 10.6 Å². The van der Waals surface area contributed by atoms with Crippen molar-refractivity contribution in [3.63, 3.8) is 0 Å². The molecule has 172 valence electrons. The number of nitrogens with zero attached hydrogens (tertiary/aromatic N) is 3. The molecule has 2 amide bonds. The zero-order valence-electron chi connectivity index (χ0n) is 19.0. The quantitative estimate of drug-likeness (QED) is 0.782. The van der Waals surface area contributed by atoms with Gasteiger partial charge in [0.2, 0.25) is 11.8 Å². The summed E-state index contributed by atoms with van der Waals surface area (Å²) in [4.78, 5) is 29.4. The van der Waals surface area contributed by atoms with Crippen LogP contribution in [0.15, 0.2) is 18.2 Å². The molecule has 3 aliphatic heterocycles. The number of amides is 2. The van der Waals surface area contributed by atoms with E-state index in [1.54, 1.807) is 18.9 Å². The van der Waals surface area contributed by atoms with Crippen LogP contribution in [0.2, 0.25) is 0 Å². The monoisotopic (exact) mass is 441 g/mol. The van der Waals surface area contributed by atoms with Crippen LogP contribution in [0.1, 0.15) is 37.1 Å². The van der Waals surface area contributed by atoms with Crippen molar-refractivity contribution in [3.05, 3.63) is 29.5 Å². The van der Waals surface area contributed by atoms with Gasteiger partial charge >= 0.3 is 0 Å². The van der Waals surface area contributed by atoms with Crippen LogP contribution in [0.5, 0.6) is 5.75 Å². The largest absolute Gasteiger partial charge is 0.497 e. The summed E-state index contributed by atoms with van der Waals surface area (Å²) in [5, 5.41) is 11.4. The molecule has 32 heavy (non-hydrogen) atoms. The minimum atomic E-state index is -0.406. The first-order valence-corrected chi connectivity index (χ1v) is 11.3. The number of aromatic nitrogens is 1. The maximum atomic E-state index is 13.1. The minimum Gasteiger partial charge on any atom is -0.497 e. The lowest BCUT2D eigenvalue weighted by atomic mass is 9.68. The molecule has 1 aromatic heterocycles. The number of benzene rings is 1. The lowest BCUT2D eigenvalue weighted by molar-refractivity contribution is -0.150. The van der Waals surface area contributed by atoms with Gasteiger partial charge in [-0.3, -0.25) is 9.59 Å². The number of aryl methyl sites for hydroxylation is 1. The Hall–Kier alpha value is -2.58. The Morgan fingerprint density at radius 2 is 1.94 bits per heavy atom. The van der Waals surface area contributed by atoms with E-state index in [1.807, 2.05) is 24.1 Å². The zero-order chi connectivity index (χ0) is 22.6. The SMILES string of the molecule is COc1ccc2c3c(n(C)c2c1)[C@@H](CO)N(C(C)=O)CC31CN(C(=O)C2CCOCC2)C1. The molecule has 0 bridgehead atoms. The molecule has 1 spiro atoms. The highest BCUT2D eigenvalue weighted by Gasteiger charge is 2.55. The third-order valence-corrected chi connectivity index (χ3v) is 7.59. The number of carbonyl (C=O) groups is 2. The molecule has 8 nitrogen and oxygen atoms in total. The summed E-state index contributed by atoms with van der Waals surface area (Å²) in [6.07, 6.45) is 1.54. The van der Waals surface area contributed by atoms with Crippen molar-refractivity contribution in [2.75, 3.05) is 46.6 Å². The Morgan fingerprint density at radius 1 is 1.22 bits per heavy atom. The number of aliphatic hydroxyl groups excluding tert-OH is 1. The van der Waals surface area contributed by atoms with Gasteiger partial charge < -0.3 is 28.9 Å². The Labute approximate surface area is 187 Å². The van der Waals surface area contributed by atoms with Crippen LogP contribution < -0.4 is 4.74 Å². The average Bonchev–Trinajstić information content (AvgIpc) is 3.09. The van der Waals surface area contributed by atoms with Gasteiger partial charge in [-0.1, -0.05) is 0 Å². The second-order valence-electron chi connectivity index (χ2n) is 9.41. The van der Waals surface area contributed by atoms with Crippen molar-refractivity contribution in [2.45, 2.75) is 31.2 Å². The number of likely N-dealkylation sites (tertiary alicyclic amines) is 1. The molecule has 1 atom stereocenters. The average molecular weight is 442 g/mol. The highest BCUT2D eigenvalue weighted by atomic mass is 16.5. The molecule has 0 unspecified atom stereocenters. The van der Waals surface area contributed by atoms with Gasteiger partial charge in [0, 0.05) is 69.9 Å². The van der Waals surface area contributed by atoms with E-state index < -0.39 is 6.04 Å². The number of aliphatic hydroxyl groups is 1. The van der Waals surface area contributed by atoms with Gasteiger partial charge in [-0.25, -0.2) is 0 Å². The summed E-state index contributed by atoms with van der Waals surface area (Å²) in [7, 11) is 3.62. The van der Waals surface area contributed by atoms with Gasteiger partial charge in [0.1, 0.15) is 5.75 Å². The highest BCUT2D eigenvalue weighted by molar-refractivity contribution is 5.90. The molecule has 5 rings (SSSR count). The van der Waals surface area contributed by atoms with E-state index in [9.17, 15) is 14.7 Å². The molecule has 0 radical (unpaired) electrons. The number of hydrogen-bond donors (Lipinski definition) is 1. The van der Waals surface area contributed by atoms with Crippen LogP contribution in [0.25, 0.3) is 10.9 Å². The van der Waals surface area contributed by atoms with Gasteiger partial charge in [0.05, 0.1) is 30.7 Å². The van der Waals surface area contributed by atoms with E-state index in [0.717, 1.165) is 40.8 Å². The Bertz CT molecular complexity index is 1070. The molecule has 2 aromatic rings. The molecule has 1 aromatic carbocycles. The van der Waals surface area contributed by atoms with E-state index in [4.69, 9.17) is 9.47 Å². The summed E-state index contributed by atoms with van der Waals surface area (Å²) >= 11 is 0. The molecule has 8 heteroatoms. The van der Waals surface area contributed by atoms with Gasteiger partial charge in [0.25, 0.3) is 0 Å². The van der Waals surface area contributed by atoms with Gasteiger partial charge in [0.15, 0.2) is 0 Å². The third-order valence-electron chi connectivity index (χ3n) is 7.59. The number of hydrogen-bond acceptors (Lipinski definition) is 5. The number of fused-ring (bicyclic) bond motifs is 4. The summed E-state index contributed by atoms with van der Waals surface area (Å²) in [5.74, 6) is 0.917. The van der Waals surface area contributed by atoms with Crippen LogP contribution in [-0.4, -0.2) is 77.9 Å². The fourth-order valence-electron chi connectivity index (χ4n) is 5.99. The van der Waals surface area contributed by atoms with Crippen LogP contribution in [-0.2, 0) is 26.8 Å². The van der Waals surface area contributed by atoms with Crippen LogP contribution in [0, 0.1) is 5.92 Å². The van der Waals surface area contributed by atoms with E-state index in [-0.39, 0.29) is 29.8 Å². The fraction of sp³-hybridized carbons (Fsp3) is 0.583. The summed E-state index contributed by atoms with van der Waals surface area (Å²) < 4.78 is 12.9. The van der Waals surface area contributed by atoms with Crippen LogP contribution in [0.3, 0.4) is 0 Å². The zero-order valence-corrected chi connectivity index (χ0v) is 19.0. The summed E-state index contributed by atoms with van der Waals surface area (Å²) in [6.45, 7) is 4.36. The topological polar surface area (TPSA) is 84.2 Å². The molecule has 0 aliphatic carbocycles. The molecular weight excluding hydrogens is 410 g/mol. The Kier molecular flexibility index (Phi) is 5.17. The lowest BCUT2D eigenvalue weighted by Gasteiger charge is -2.56. The van der Waals surface area contributed by atoms with Crippen molar-refractivity contribution in [2.24, 2.45) is 13.0 Å². The normalized spacial score (nSPS) is 22.7. The molecular formula is C24H31N3O5. The first kappa shape index (κ1) is 21.3. The van der Waals surface area contributed by atoms with Gasteiger partial charge in [-0.05, 0) is 30.5 Å². The Balaban J connectivity index is 1.58. The molecule has 0 saturated carbocycles. The second-order valence-corrected chi connectivity index (χ2v) is 9.41. The van der Waals surface area contributed by atoms with E-state index in [1.165, 1.54) is 0 Å². The first-order chi connectivity index (χ1) is 15.4. The number of ether oxygens (including phenoxy) is 2. The van der Waals surface area contributed by atoms with Crippen molar-refractivity contribution in [3.8, 4) is 5.75 Å². The minimum absolute atomic E-state index is 0.0232. The number of methoxy groups -OCH3 is 1. The predicted molar refractivity (Wildman–Crippen MR) is 118 cm³/mol. The predicted octanol–water partition coefficient (Wildman–Crippen LogP) is 1.59. The van der Waals surface area contributed by atoms with Gasteiger partial charge in [-0.15, -0.1) is 0 Å². The highest BCUT2D eigenvalue weighted by Crippen LogP contribution is 2.50. The Morgan fingerprint density at radius 3 is 2.56 bits per heavy atom. The van der Waals surface area contributed by atoms with E-state index >= 15 is 0 Å². The summed E-state index contributed by atoms with van der Waals surface area (Å²) in [5.41, 5.74) is 2.79. The van der Waals surface area contributed by atoms with Crippen molar-refractivity contribution < 1.29 is 24.2 Å². The second kappa shape index (κ2) is 7.78. The molecule has 2 fully saturated rings. The maximum Gasteiger partial charge on any atom is 0.225 e. The molecule has 3 aliphatic rings. The smallest absolute Gasteiger partial charge is 0.225 e. The number of carbonyl (C=O) groups excluding carboxylic acids is 2. The first-order valence-electron chi connectivity index (χ1n) is 11.3. The standard InChI is InChI=1S/C24H31N3O5/c1-15(29)27-14-24(12-26(13-24)23(30)16-6-8-32-9-7-16)21-18-5-4-17(31-3)10-19(18)25(2)22(21)20(27)11-28/h4-5,10,16,20,28H,6-9,11-14H2,1-3H3/t20-/m1/s1. The summed E-state index contributed by atoms with van der Waals surface area (Å²) in [6, 6.07) is 5.61.